The van der Waals surface area contributed by atoms with Crippen LogP contribution in [0.4, 0.5) is 0 Å². The Labute approximate surface area is 114 Å². The van der Waals surface area contributed by atoms with Crippen LogP contribution in [-0.2, 0) is 13.0 Å². The van der Waals surface area contributed by atoms with E-state index >= 15 is 0 Å². The molecule has 0 atom stereocenters. The predicted octanol–water partition coefficient (Wildman–Crippen LogP) is 3.52. The second-order valence-electron chi connectivity index (χ2n) is 4.46. The molecule has 0 fully saturated rings. The summed E-state index contributed by atoms with van der Waals surface area (Å²) in [5, 5.41) is 9.37. The summed E-state index contributed by atoms with van der Waals surface area (Å²) in [7, 11) is 0. The van der Waals surface area contributed by atoms with E-state index in [2.05, 4.69) is 31.6 Å². The number of nitriles is 1. The molecule has 0 spiro atoms. The first kappa shape index (κ1) is 11.5. The van der Waals surface area contributed by atoms with Crippen molar-refractivity contribution >= 4 is 15.9 Å². The minimum atomic E-state index is 0.697. The molecule has 3 rings (SSSR count). The average Bonchev–Trinajstić information content (AvgIpc) is 2.77. The molecule has 1 aliphatic heterocycles. The fourth-order valence-electron chi connectivity index (χ4n) is 2.43. The van der Waals surface area contributed by atoms with Crippen molar-refractivity contribution in [2.75, 3.05) is 0 Å². The van der Waals surface area contributed by atoms with E-state index in [-0.39, 0.29) is 0 Å². The number of fused-ring (bicyclic) bond motifs is 1. The van der Waals surface area contributed by atoms with Gasteiger partial charge >= 0.3 is 0 Å². The van der Waals surface area contributed by atoms with E-state index in [4.69, 9.17) is 0 Å². The lowest BCUT2D eigenvalue weighted by Crippen LogP contribution is -2.11. The van der Waals surface area contributed by atoms with Crippen LogP contribution < -0.4 is 0 Å². The molecular weight excluding hydrogens is 290 g/mol. The topological polar surface area (TPSA) is 41.6 Å². The molecule has 18 heavy (non-hydrogen) atoms. The van der Waals surface area contributed by atoms with Crippen LogP contribution in [-0.4, -0.2) is 9.55 Å². The number of rotatable bonds is 1. The van der Waals surface area contributed by atoms with E-state index < -0.39 is 0 Å². The Balaban J connectivity index is 2.18. The van der Waals surface area contributed by atoms with Crippen LogP contribution in [0.3, 0.4) is 0 Å². The third kappa shape index (κ3) is 1.85. The molecule has 0 aliphatic carbocycles. The maximum Gasteiger partial charge on any atom is 0.148 e. The third-order valence-corrected chi connectivity index (χ3v) is 3.78. The summed E-state index contributed by atoms with van der Waals surface area (Å²) in [4.78, 5) is 4.65. The molecule has 0 saturated heterocycles. The van der Waals surface area contributed by atoms with Gasteiger partial charge in [-0.3, -0.25) is 0 Å². The molecule has 90 valence electrons. The van der Waals surface area contributed by atoms with Gasteiger partial charge in [-0.15, -0.1) is 0 Å². The molecule has 0 radical (unpaired) electrons. The highest BCUT2D eigenvalue weighted by atomic mass is 79.9. The van der Waals surface area contributed by atoms with Gasteiger partial charge in [0.25, 0.3) is 0 Å². The molecule has 0 amide bonds. The summed E-state index contributed by atoms with van der Waals surface area (Å²) < 4.78 is 3.08. The van der Waals surface area contributed by atoms with Crippen LogP contribution in [0.5, 0.6) is 0 Å². The number of imidazole rings is 1. The van der Waals surface area contributed by atoms with Crippen LogP contribution in [0.15, 0.2) is 28.7 Å². The zero-order chi connectivity index (χ0) is 12.5. The van der Waals surface area contributed by atoms with Crippen molar-refractivity contribution in [3.63, 3.8) is 0 Å². The molecule has 1 aliphatic rings. The standard InChI is InChI=1S/C14H12BrN3/c15-11-5-3-4-10(8-11)14-12(9-16)18-7-2-1-6-13(18)17-14/h3-5,8H,1-2,6-7H2. The zero-order valence-corrected chi connectivity index (χ0v) is 11.4. The van der Waals surface area contributed by atoms with Crippen molar-refractivity contribution in [3.05, 3.63) is 40.3 Å². The van der Waals surface area contributed by atoms with E-state index in [1.807, 2.05) is 24.3 Å². The highest BCUT2D eigenvalue weighted by Crippen LogP contribution is 2.28. The van der Waals surface area contributed by atoms with Crippen LogP contribution in [0.25, 0.3) is 11.3 Å². The first-order chi connectivity index (χ1) is 8.79. The van der Waals surface area contributed by atoms with Gasteiger partial charge in [0.15, 0.2) is 0 Å². The van der Waals surface area contributed by atoms with Crippen molar-refractivity contribution in [3.8, 4) is 17.3 Å². The monoisotopic (exact) mass is 301 g/mol. The lowest BCUT2D eigenvalue weighted by atomic mass is 10.1. The predicted molar refractivity (Wildman–Crippen MR) is 73.0 cm³/mol. The number of nitrogens with zero attached hydrogens (tertiary/aromatic N) is 3. The van der Waals surface area contributed by atoms with Crippen molar-refractivity contribution in [2.45, 2.75) is 25.8 Å². The van der Waals surface area contributed by atoms with Crippen LogP contribution in [0, 0.1) is 11.3 Å². The third-order valence-electron chi connectivity index (χ3n) is 3.28. The molecule has 2 aromatic rings. The molecule has 1 aromatic carbocycles. The molecular formula is C14H12BrN3. The summed E-state index contributed by atoms with van der Waals surface area (Å²) in [5.74, 6) is 1.05. The number of benzene rings is 1. The van der Waals surface area contributed by atoms with Crippen LogP contribution in [0.2, 0.25) is 0 Å². The Morgan fingerprint density at radius 1 is 1.33 bits per heavy atom. The number of aromatic nitrogens is 2. The first-order valence-electron chi connectivity index (χ1n) is 6.05. The Morgan fingerprint density at radius 2 is 2.22 bits per heavy atom. The van der Waals surface area contributed by atoms with E-state index in [9.17, 15) is 5.26 Å². The average molecular weight is 302 g/mol. The smallest absolute Gasteiger partial charge is 0.148 e. The number of aryl methyl sites for hydroxylation is 1. The molecule has 1 aromatic heterocycles. The zero-order valence-electron chi connectivity index (χ0n) is 9.86. The molecule has 4 heteroatoms. The summed E-state index contributed by atoms with van der Waals surface area (Å²) >= 11 is 3.46. The minimum absolute atomic E-state index is 0.697. The normalized spacial score (nSPS) is 14.0. The largest absolute Gasteiger partial charge is 0.319 e. The number of halogens is 1. The lowest BCUT2D eigenvalue weighted by Gasteiger charge is -2.13. The van der Waals surface area contributed by atoms with Crippen molar-refractivity contribution in [2.24, 2.45) is 0 Å². The quantitative estimate of drug-likeness (QED) is 0.808. The van der Waals surface area contributed by atoms with Crippen LogP contribution in [0.1, 0.15) is 24.4 Å². The molecule has 0 unspecified atom stereocenters. The maximum atomic E-state index is 9.37. The summed E-state index contributed by atoms with van der Waals surface area (Å²) in [6.07, 6.45) is 3.28. The first-order valence-corrected chi connectivity index (χ1v) is 6.84. The van der Waals surface area contributed by atoms with Crippen molar-refractivity contribution in [1.82, 2.24) is 9.55 Å². The van der Waals surface area contributed by atoms with Crippen LogP contribution >= 0.6 is 15.9 Å². The van der Waals surface area contributed by atoms with Gasteiger partial charge in [-0.1, -0.05) is 28.1 Å². The van der Waals surface area contributed by atoms with E-state index in [0.29, 0.717) is 5.69 Å². The van der Waals surface area contributed by atoms with Gasteiger partial charge in [0, 0.05) is 23.0 Å². The Kier molecular flexibility index (Phi) is 2.92. The number of hydrogen-bond donors (Lipinski definition) is 0. The fourth-order valence-corrected chi connectivity index (χ4v) is 2.83. The second-order valence-corrected chi connectivity index (χ2v) is 5.37. The van der Waals surface area contributed by atoms with Crippen molar-refractivity contribution in [1.29, 1.82) is 5.26 Å². The van der Waals surface area contributed by atoms with Gasteiger partial charge < -0.3 is 4.57 Å². The van der Waals surface area contributed by atoms with Gasteiger partial charge in [-0.25, -0.2) is 4.98 Å². The van der Waals surface area contributed by atoms with Gasteiger partial charge in [0.05, 0.1) is 0 Å². The Bertz CT molecular complexity index is 637. The van der Waals surface area contributed by atoms with E-state index in [1.54, 1.807) is 0 Å². The maximum absolute atomic E-state index is 9.37. The fraction of sp³-hybridized carbons (Fsp3) is 0.286. The molecule has 2 heterocycles. The summed E-state index contributed by atoms with van der Waals surface area (Å²) in [6, 6.07) is 10.3. The molecule has 0 saturated carbocycles. The highest BCUT2D eigenvalue weighted by molar-refractivity contribution is 9.10. The summed E-state index contributed by atoms with van der Waals surface area (Å²) in [5.41, 5.74) is 2.52. The van der Waals surface area contributed by atoms with Gasteiger partial charge in [0.1, 0.15) is 23.3 Å². The molecule has 0 bridgehead atoms. The number of hydrogen-bond acceptors (Lipinski definition) is 2. The Morgan fingerprint density at radius 3 is 3.00 bits per heavy atom. The van der Waals surface area contributed by atoms with Crippen molar-refractivity contribution < 1.29 is 0 Å². The molecule has 0 N–H and O–H groups in total. The van der Waals surface area contributed by atoms with Gasteiger partial charge in [0.2, 0.25) is 0 Å². The van der Waals surface area contributed by atoms with Gasteiger partial charge in [-0.05, 0) is 25.0 Å². The van der Waals surface area contributed by atoms with Gasteiger partial charge in [-0.2, -0.15) is 5.26 Å². The lowest BCUT2D eigenvalue weighted by molar-refractivity contribution is 0.519. The highest BCUT2D eigenvalue weighted by Gasteiger charge is 2.20. The Hall–Kier alpha value is -1.60. The summed E-state index contributed by atoms with van der Waals surface area (Å²) in [6.45, 7) is 0.916. The molecule has 3 nitrogen and oxygen atoms in total. The minimum Gasteiger partial charge on any atom is -0.319 e. The van der Waals surface area contributed by atoms with E-state index in [1.165, 1.54) is 6.42 Å². The van der Waals surface area contributed by atoms with E-state index in [0.717, 1.165) is 40.9 Å². The SMILES string of the molecule is N#Cc1c(-c2cccc(Br)c2)nc2n1CCCC2. The second kappa shape index (κ2) is 4.58.